The first kappa shape index (κ1) is 10.6. The van der Waals surface area contributed by atoms with Gasteiger partial charge in [0.15, 0.2) is 0 Å². The molecule has 0 aromatic carbocycles. The van der Waals surface area contributed by atoms with Crippen molar-refractivity contribution in [1.29, 1.82) is 5.26 Å². The monoisotopic (exact) mass is 221 g/mol. The zero-order chi connectivity index (χ0) is 10.7. The van der Waals surface area contributed by atoms with Gasteiger partial charge in [-0.05, 0) is 19.8 Å². The molecule has 0 saturated heterocycles. The lowest BCUT2D eigenvalue weighted by atomic mass is 10.1. The maximum atomic E-state index is 8.94. The van der Waals surface area contributed by atoms with Crippen LogP contribution in [0.1, 0.15) is 29.1 Å². The highest BCUT2D eigenvalue weighted by Crippen LogP contribution is 2.25. The first-order valence-electron chi connectivity index (χ1n) is 5.34. The van der Waals surface area contributed by atoms with E-state index < -0.39 is 0 Å². The quantitative estimate of drug-likeness (QED) is 0.851. The predicted octanol–water partition coefficient (Wildman–Crippen LogP) is 2.23. The molecule has 1 saturated carbocycles. The summed E-state index contributed by atoms with van der Waals surface area (Å²) >= 11 is 1.72. The van der Waals surface area contributed by atoms with Gasteiger partial charge in [0, 0.05) is 23.7 Å². The Kier molecular flexibility index (Phi) is 3.34. The van der Waals surface area contributed by atoms with Crippen molar-refractivity contribution < 1.29 is 0 Å². The van der Waals surface area contributed by atoms with Gasteiger partial charge in [-0.25, -0.2) is 4.98 Å². The SMILES string of the molecule is Cc1ncc(CNC2CCCC2C#N)s1. The highest BCUT2D eigenvalue weighted by Gasteiger charge is 2.26. The van der Waals surface area contributed by atoms with E-state index in [2.05, 4.69) is 16.4 Å². The molecule has 1 fully saturated rings. The number of nitrogens with one attached hydrogen (secondary N) is 1. The van der Waals surface area contributed by atoms with Crippen LogP contribution in [-0.4, -0.2) is 11.0 Å². The van der Waals surface area contributed by atoms with Gasteiger partial charge in [0.2, 0.25) is 0 Å². The van der Waals surface area contributed by atoms with E-state index in [9.17, 15) is 0 Å². The number of aryl methyl sites for hydroxylation is 1. The Hall–Kier alpha value is -0.920. The number of nitrogens with zero attached hydrogens (tertiary/aromatic N) is 2. The molecule has 1 aliphatic carbocycles. The third kappa shape index (κ3) is 2.55. The Balaban J connectivity index is 1.85. The molecule has 2 unspecified atom stereocenters. The highest BCUT2D eigenvalue weighted by atomic mass is 32.1. The molecular weight excluding hydrogens is 206 g/mol. The summed E-state index contributed by atoms with van der Waals surface area (Å²) in [7, 11) is 0. The zero-order valence-electron chi connectivity index (χ0n) is 8.86. The van der Waals surface area contributed by atoms with Crippen molar-refractivity contribution in [3.63, 3.8) is 0 Å². The average molecular weight is 221 g/mol. The third-order valence-corrected chi connectivity index (χ3v) is 3.80. The molecule has 0 amide bonds. The lowest BCUT2D eigenvalue weighted by Crippen LogP contribution is -2.30. The Labute approximate surface area is 94.1 Å². The number of aromatic nitrogens is 1. The van der Waals surface area contributed by atoms with Crippen LogP contribution in [0.4, 0.5) is 0 Å². The Morgan fingerprint density at radius 1 is 1.67 bits per heavy atom. The molecular formula is C11H15N3S. The van der Waals surface area contributed by atoms with E-state index in [0.717, 1.165) is 24.4 Å². The van der Waals surface area contributed by atoms with Crippen molar-refractivity contribution in [1.82, 2.24) is 10.3 Å². The normalized spacial score (nSPS) is 25.3. The van der Waals surface area contributed by atoms with E-state index in [4.69, 9.17) is 5.26 Å². The van der Waals surface area contributed by atoms with E-state index in [1.165, 1.54) is 11.3 Å². The predicted molar refractivity (Wildman–Crippen MR) is 60.4 cm³/mol. The largest absolute Gasteiger partial charge is 0.308 e. The van der Waals surface area contributed by atoms with Crippen molar-refractivity contribution in [3.8, 4) is 6.07 Å². The van der Waals surface area contributed by atoms with Gasteiger partial charge in [-0.3, -0.25) is 0 Å². The van der Waals surface area contributed by atoms with E-state index in [0.29, 0.717) is 6.04 Å². The molecule has 0 radical (unpaired) electrons. The lowest BCUT2D eigenvalue weighted by molar-refractivity contribution is 0.466. The first-order chi connectivity index (χ1) is 7.29. The molecule has 0 aliphatic heterocycles. The van der Waals surface area contributed by atoms with Crippen LogP contribution in [0.15, 0.2) is 6.20 Å². The van der Waals surface area contributed by atoms with E-state index in [1.807, 2.05) is 13.1 Å². The second-order valence-corrected chi connectivity index (χ2v) is 5.32. The van der Waals surface area contributed by atoms with Gasteiger partial charge in [-0.1, -0.05) is 6.42 Å². The van der Waals surface area contributed by atoms with Crippen LogP contribution in [0, 0.1) is 24.2 Å². The summed E-state index contributed by atoms with van der Waals surface area (Å²) in [6.07, 6.45) is 5.28. The maximum Gasteiger partial charge on any atom is 0.0897 e. The summed E-state index contributed by atoms with van der Waals surface area (Å²) in [5.41, 5.74) is 0. The van der Waals surface area contributed by atoms with Crippen LogP contribution < -0.4 is 5.32 Å². The molecule has 2 atom stereocenters. The van der Waals surface area contributed by atoms with Gasteiger partial charge in [-0.2, -0.15) is 5.26 Å². The number of rotatable bonds is 3. The van der Waals surface area contributed by atoms with E-state index in [-0.39, 0.29) is 5.92 Å². The molecule has 2 rings (SSSR count). The Bertz CT molecular complexity index is 366. The molecule has 1 N–H and O–H groups in total. The number of thiazole rings is 1. The smallest absolute Gasteiger partial charge is 0.0897 e. The van der Waals surface area contributed by atoms with Crippen LogP contribution in [0.5, 0.6) is 0 Å². The lowest BCUT2D eigenvalue weighted by Gasteiger charge is -2.14. The van der Waals surface area contributed by atoms with Gasteiger partial charge in [0.25, 0.3) is 0 Å². The maximum absolute atomic E-state index is 8.94. The third-order valence-electron chi connectivity index (χ3n) is 2.89. The Morgan fingerprint density at radius 3 is 3.20 bits per heavy atom. The first-order valence-corrected chi connectivity index (χ1v) is 6.15. The van der Waals surface area contributed by atoms with Crippen molar-refractivity contribution >= 4 is 11.3 Å². The minimum absolute atomic E-state index is 0.207. The Morgan fingerprint density at radius 2 is 2.53 bits per heavy atom. The number of hydrogen-bond acceptors (Lipinski definition) is 4. The molecule has 0 bridgehead atoms. The molecule has 0 spiro atoms. The van der Waals surface area contributed by atoms with E-state index >= 15 is 0 Å². The summed E-state index contributed by atoms with van der Waals surface area (Å²) in [4.78, 5) is 5.47. The molecule has 1 heterocycles. The highest BCUT2D eigenvalue weighted by molar-refractivity contribution is 7.11. The molecule has 1 aliphatic rings. The second kappa shape index (κ2) is 4.73. The van der Waals surface area contributed by atoms with Crippen LogP contribution in [0.2, 0.25) is 0 Å². The fourth-order valence-corrected chi connectivity index (χ4v) is 2.82. The van der Waals surface area contributed by atoms with Gasteiger partial charge >= 0.3 is 0 Å². The zero-order valence-corrected chi connectivity index (χ0v) is 9.68. The second-order valence-electron chi connectivity index (χ2n) is 4.00. The molecule has 4 heteroatoms. The standard InChI is InChI=1S/C11H15N3S/c1-8-13-6-10(15-8)7-14-11-4-2-3-9(11)5-12/h6,9,11,14H,2-4,7H2,1H3. The molecule has 1 aromatic heterocycles. The fraction of sp³-hybridized carbons (Fsp3) is 0.636. The van der Waals surface area contributed by atoms with Crippen molar-refractivity contribution in [2.75, 3.05) is 0 Å². The minimum atomic E-state index is 0.207. The average Bonchev–Trinajstić information content (AvgIpc) is 2.83. The van der Waals surface area contributed by atoms with Crippen LogP contribution in [0.3, 0.4) is 0 Å². The molecule has 1 aromatic rings. The summed E-state index contributed by atoms with van der Waals surface area (Å²) in [6.45, 7) is 2.87. The number of nitriles is 1. The minimum Gasteiger partial charge on any atom is -0.308 e. The molecule has 15 heavy (non-hydrogen) atoms. The van der Waals surface area contributed by atoms with Gasteiger partial charge < -0.3 is 5.32 Å². The van der Waals surface area contributed by atoms with Gasteiger partial charge in [0.05, 0.1) is 17.0 Å². The number of hydrogen-bond donors (Lipinski definition) is 1. The van der Waals surface area contributed by atoms with Crippen LogP contribution in [0.25, 0.3) is 0 Å². The van der Waals surface area contributed by atoms with Crippen molar-refractivity contribution in [2.45, 2.75) is 38.8 Å². The van der Waals surface area contributed by atoms with Crippen molar-refractivity contribution in [3.05, 3.63) is 16.1 Å². The fourth-order valence-electron chi connectivity index (χ4n) is 2.08. The summed E-state index contributed by atoms with van der Waals surface area (Å²) < 4.78 is 0. The molecule has 80 valence electrons. The molecule has 3 nitrogen and oxygen atoms in total. The summed E-state index contributed by atoms with van der Waals surface area (Å²) in [6, 6.07) is 2.77. The van der Waals surface area contributed by atoms with E-state index in [1.54, 1.807) is 11.3 Å². The summed E-state index contributed by atoms with van der Waals surface area (Å²) in [5.74, 6) is 0.207. The van der Waals surface area contributed by atoms with Crippen LogP contribution >= 0.6 is 11.3 Å². The summed E-state index contributed by atoms with van der Waals surface area (Å²) in [5, 5.41) is 13.5. The van der Waals surface area contributed by atoms with Crippen molar-refractivity contribution in [2.24, 2.45) is 5.92 Å². The van der Waals surface area contributed by atoms with Crippen LogP contribution in [-0.2, 0) is 6.54 Å². The van der Waals surface area contributed by atoms with Gasteiger partial charge in [0.1, 0.15) is 0 Å². The topological polar surface area (TPSA) is 48.7 Å². The van der Waals surface area contributed by atoms with Gasteiger partial charge in [-0.15, -0.1) is 11.3 Å².